The maximum absolute atomic E-state index is 13.0. The summed E-state index contributed by atoms with van der Waals surface area (Å²) in [5.74, 6) is 2.18. The second-order valence-electron chi connectivity index (χ2n) is 9.77. The predicted molar refractivity (Wildman–Crippen MR) is 144 cm³/mol. The molecule has 1 unspecified atom stereocenters. The molecule has 5 nitrogen and oxygen atoms in total. The van der Waals surface area contributed by atoms with E-state index < -0.39 is 0 Å². The fraction of sp³-hybridized carbons (Fsp3) is 0.533. The fourth-order valence-electron chi connectivity index (χ4n) is 5.24. The highest BCUT2D eigenvalue weighted by molar-refractivity contribution is 5.96. The van der Waals surface area contributed by atoms with Crippen LogP contribution in [0.4, 0.5) is 5.69 Å². The van der Waals surface area contributed by atoms with Crippen molar-refractivity contribution in [1.29, 1.82) is 0 Å². The van der Waals surface area contributed by atoms with Gasteiger partial charge in [0.2, 0.25) is 5.91 Å². The summed E-state index contributed by atoms with van der Waals surface area (Å²) in [5, 5.41) is 0. The lowest BCUT2D eigenvalue weighted by molar-refractivity contribution is -0.117. The van der Waals surface area contributed by atoms with Crippen LogP contribution in [-0.2, 0) is 11.3 Å². The van der Waals surface area contributed by atoms with Gasteiger partial charge < -0.3 is 14.2 Å². The molecule has 0 bridgehead atoms. The van der Waals surface area contributed by atoms with E-state index in [0.717, 1.165) is 35.7 Å². The summed E-state index contributed by atoms with van der Waals surface area (Å²) in [6, 6.07) is 16.2. The third-order valence-corrected chi connectivity index (χ3v) is 7.12. The molecule has 1 aromatic heterocycles. The van der Waals surface area contributed by atoms with E-state index in [0.29, 0.717) is 19.6 Å². The number of aromatic nitrogens is 2. The molecule has 1 amide bonds. The first-order valence-electron chi connectivity index (χ1n) is 13.7. The molecular weight excluding hydrogens is 434 g/mol. The van der Waals surface area contributed by atoms with Crippen molar-refractivity contribution in [2.24, 2.45) is 0 Å². The number of hydrogen-bond acceptors (Lipinski definition) is 3. The third-order valence-electron chi connectivity index (χ3n) is 7.12. The Morgan fingerprint density at radius 1 is 0.886 bits per heavy atom. The first-order valence-corrected chi connectivity index (χ1v) is 13.7. The van der Waals surface area contributed by atoms with Crippen molar-refractivity contribution in [3.05, 3.63) is 54.4 Å². The number of amides is 1. The minimum atomic E-state index is 0.111. The molecule has 0 radical (unpaired) electrons. The molecule has 188 valence electrons. The lowest BCUT2D eigenvalue weighted by atomic mass is 10.1. The van der Waals surface area contributed by atoms with Crippen LogP contribution in [0.3, 0.4) is 0 Å². The Labute approximate surface area is 210 Å². The minimum absolute atomic E-state index is 0.111. The summed E-state index contributed by atoms with van der Waals surface area (Å²) in [6.45, 7) is 6.53. The van der Waals surface area contributed by atoms with Gasteiger partial charge in [-0.15, -0.1) is 0 Å². The van der Waals surface area contributed by atoms with Gasteiger partial charge in [0, 0.05) is 31.1 Å². The predicted octanol–water partition coefficient (Wildman–Crippen LogP) is 7.49. The van der Waals surface area contributed by atoms with Crippen molar-refractivity contribution in [2.45, 2.75) is 90.5 Å². The molecule has 3 aromatic rings. The van der Waals surface area contributed by atoms with Crippen molar-refractivity contribution in [1.82, 2.24) is 9.55 Å². The van der Waals surface area contributed by atoms with Gasteiger partial charge >= 0.3 is 0 Å². The van der Waals surface area contributed by atoms with Crippen LogP contribution in [0.15, 0.2) is 48.5 Å². The number of aryl methyl sites for hydroxylation is 1. The van der Waals surface area contributed by atoms with Crippen LogP contribution in [0.25, 0.3) is 11.0 Å². The number of unbranched alkanes of at least 4 members (excludes halogenated alkanes) is 8. The highest BCUT2D eigenvalue weighted by Gasteiger charge is 2.34. The van der Waals surface area contributed by atoms with Gasteiger partial charge in [-0.2, -0.15) is 0 Å². The molecule has 1 atom stereocenters. The standard InChI is InChI=1S/C30H41N3O2/c1-3-5-6-7-8-9-10-11-14-21-32-28-16-13-12-15-27(28)31-30(32)24-22-29(34)33(23-24)25-17-19-26(20-18-25)35-4-2/h12-13,15-20,24H,3-11,14,21-23H2,1-2H3. The molecule has 1 fully saturated rings. The van der Waals surface area contributed by atoms with Crippen molar-refractivity contribution in [3.8, 4) is 5.75 Å². The number of para-hydroxylation sites is 2. The zero-order valence-electron chi connectivity index (χ0n) is 21.5. The van der Waals surface area contributed by atoms with Crippen LogP contribution < -0.4 is 9.64 Å². The number of anilines is 1. The van der Waals surface area contributed by atoms with Gasteiger partial charge in [-0.05, 0) is 49.7 Å². The van der Waals surface area contributed by atoms with Gasteiger partial charge in [0.1, 0.15) is 11.6 Å². The fourth-order valence-corrected chi connectivity index (χ4v) is 5.24. The summed E-state index contributed by atoms with van der Waals surface area (Å²) >= 11 is 0. The van der Waals surface area contributed by atoms with Gasteiger partial charge in [0.25, 0.3) is 0 Å². The first-order chi connectivity index (χ1) is 17.2. The number of ether oxygens (including phenoxy) is 1. The molecule has 0 spiro atoms. The van der Waals surface area contributed by atoms with Gasteiger partial charge in [0.15, 0.2) is 0 Å². The van der Waals surface area contributed by atoms with E-state index in [4.69, 9.17) is 9.72 Å². The van der Waals surface area contributed by atoms with Gasteiger partial charge in [0.05, 0.1) is 17.6 Å². The van der Waals surface area contributed by atoms with Crippen molar-refractivity contribution >= 4 is 22.6 Å². The molecule has 4 rings (SSSR count). The Kier molecular flexibility index (Phi) is 9.21. The monoisotopic (exact) mass is 475 g/mol. The number of nitrogens with zero attached hydrogens (tertiary/aromatic N) is 3. The molecule has 1 aliphatic rings. The number of rotatable bonds is 14. The summed E-state index contributed by atoms with van der Waals surface area (Å²) in [5.41, 5.74) is 3.15. The summed E-state index contributed by atoms with van der Waals surface area (Å²) in [6.07, 6.45) is 12.4. The Morgan fingerprint density at radius 2 is 1.57 bits per heavy atom. The molecule has 0 saturated carbocycles. The van der Waals surface area contributed by atoms with E-state index in [9.17, 15) is 4.79 Å². The lowest BCUT2D eigenvalue weighted by Crippen LogP contribution is -2.24. The van der Waals surface area contributed by atoms with Gasteiger partial charge in [-0.3, -0.25) is 4.79 Å². The van der Waals surface area contributed by atoms with Crippen LogP contribution in [0, 0.1) is 0 Å². The average molecular weight is 476 g/mol. The molecule has 2 heterocycles. The van der Waals surface area contributed by atoms with Crippen LogP contribution >= 0.6 is 0 Å². The highest BCUT2D eigenvalue weighted by Crippen LogP contribution is 2.34. The van der Waals surface area contributed by atoms with Crippen LogP contribution in [-0.4, -0.2) is 28.6 Å². The molecule has 5 heteroatoms. The largest absolute Gasteiger partial charge is 0.494 e. The van der Waals surface area contributed by atoms with Crippen molar-refractivity contribution in [2.75, 3.05) is 18.1 Å². The minimum Gasteiger partial charge on any atom is -0.494 e. The number of benzene rings is 2. The normalized spacial score (nSPS) is 15.9. The number of hydrogen-bond donors (Lipinski definition) is 0. The molecular formula is C30H41N3O2. The second-order valence-corrected chi connectivity index (χ2v) is 9.77. The van der Waals surface area contributed by atoms with Crippen molar-refractivity contribution < 1.29 is 9.53 Å². The molecule has 35 heavy (non-hydrogen) atoms. The van der Waals surface area contributed by atoms with E-state index >= 15 is 0 Å². The summed E-state index contributed by atoms with van der Waals surface area (Å²) < 4.78 is 7.94. The maximum Gasteiger partial charge on any atom is 0.227 e. The number of imidazole rings is 1. The summed E-state index contributed by atoms with van der Waals surface area (Å²) in [7, 11) is 0. The van der Waals surface area contributed by atoms with E-state index in [2.05, 4.69) is 29.7 Å². The quantitative estimate of drug-likeness (QED) is 0.227. The summed E-state index contributed by atoms with van der Waals surface area (Å²) in [4.78, 5) is 19.9. The number of fused-ring (bicyclic) bond motifs is 1. The van der Waals surface area contributed by atoms with Crippen LogP contribution in [0.5, 0.6) is 5.75 Å². The second kappa shape index (κ2) is 12.8. The van der Waals surface area contributed by atoms with E-state index in [1.54, 1.807) is 0 Å². The molecule has 1 saturated heterocycles. The molecule has 0 aliphatic carbocycles. The number of carbonyl (C=O) groups excluding carboxylic acids is 1. The zero-order chi connectivity index (χ0) is 24.5. The zero-order valence-corrected chi connectivity index (χ0v) is 21.5. The highest BCUT2D eigenvalue weighted by atomic mass is 16.5. The Hall–Kier alpha value is -2.82. The van der Waals surface area contributed by atoms with Crippen molar-refractivity contribution in [3.63, 3.8) is 0 Å². The molecule has 0 N–H and O–H groups in total. The first kappa shape index (κ1) is 25.3. The number of carbonyl (C=O) groups is 1. The molecule has 2 aromatic carbocycles. The lowest BCUT2D eigenvalue weighted by Gasteiger charge is -2.18. The Balaban J connectivity index is 1.40. The maximum atomic E-state index is 13.0. The van der Waals surface area contributed by atoms with E-state index in [-0.39, 0.29) is 11.8 Å². The SMILES string of the molecule is CCCCCCCCCCCn1c(C2CC(=O)N(c3ccc(OCC)cc3)C2)nc2ccccc21. The van der Waals surface area contributed by atoms with E-state index in [1.807, 2.05) is 42.2 Å². The Bertz CT molecular complexity index is 1070. The van der Waals surface area contributed by atoms with Gasteiger partial charge in [-0.25, -0.2) is 4.98 Å². The van der Waals surface area contributed by atoms with Crippen LogP contribution in [0.1, 0.15) is 89.8 Å². The Morgan fingerprint density at radius 3 is 2.29 bits per heavy atom. The van der Waals surface area contributed by atoms with Gasteiger partial charge in [-0.1, -0.05) is 70.4 Å². The molecule has 1 aliphatic heterocycles. The topological polar surface area (TPSA) is 47.4 Å². The smallest absolute Gasteiger partial charge is 0.227 e. The van der Waals surface area contributed by atoms with E-state index in [1.165, 1.54) is 56.9 Å². The average Bonchev–Trinajstić information content (AvgIpc) is 3.44. The van der Waals surface area contributed by atoms with Crippen LogP contribution in [0.2, 0.25) is 0 Å². The third kappa shape index (κ3) is 6.45.